The summed E-state index contributed by atoms with van der Waals surface area (Å²) in [6.45, 7) is 11.0. The zero-order chi connectivity index (χ0) is 11.3. The maximum Gasteiger partial charge on any atom is 0.0976 e. The molecule has 0 amide bonds. The minimum atomic E-state index is 0.129. The molecule has 0 aromatic rings. The van der Waals surface area contributed by atoms with Gasteiger partial charge in [0.15, 0.2) is 0 Å². The predicted octanol–water partition coefficient (Wildman–Crippen LogP) is 1.70. The van der Waals surface area contributed by atoms with E-state index < -0.39 is 0 Å². The molecule has 1 fully saturated rings. The molecule has 2 atom stereocenters. The Balaban J connectivity index is 2.39. The lowest BCUT2D eigenvalue weighted by Gasteiger charge is -2.39. The third-order valence-electron chi connectivity index (χ3n) is 3.54. The van der Waals surface area contributed by atoms with Crippen molar-refractivity contribution in [1.29, 1.82) is 5.26 Å². The molecule has 3 nitrogen and oxygen atoms in total. The molecule has 0 N–H and O–H groups in total. The van der Waals surface area contributed by atoms with Crippen LogP contribution < -0.4 is 0 Å². The fraction of sp³-hybridized carbons (Fsp3) is 0.917. The average molecular weight is 209 g/mol. The molecule has 1 aliphatic rings. The van der Waals surface area contributed by atoms with E-state index in [9.17, 15) is 0 Å². The molecule has 0 aliphatic carbocycles. The smallest absolute Gasteiger partial charge is 0.0976 e. The Morgan fingerprint density at radius 1 is 1.07 bits per heavy atom. The molecule has 15 heavy (non-hydrogen) atoms. The third kappa shape index (κ3) is 3.19. The van der Waals surface area contributed by atoms with Crippen LogP contribution in [0.3, 0.4) is 0 Å². The maximum atomic E-state index is 8.99. The van der Waals surface area contributed by atoms with Gasteiger partial charge in [0.1, 0.15) is 0 Å². The largest absolute Gasteiger partial charge is 0.298 e. The molecule has 3 heteroatoms. The van der Waals surface area contributed by atoms with Crippen LogP contribution in [0.2, 0.25) is 0 Å². The van der Waals surface area contributed by atoms with Crippen molar-refractivity contribution in [2.75, 3.05) is 26.2 Å². The molecule has 1 heterocycles. The third-order valence-corrected chi connectivity index (χ3v) is 3.54. The average Bonchev–Trinajstić information content (AvgIpc) is 2.30. The minimum Gasteiger partial charge on any atom is -0.298 e. The summed E-state index contributed by atoms with van der Waals surface area (Å²) in [5.41, 5.74) is 0. The van der Waals surface area contributed by atoms with Gasteiger partial charge >= 0.3 is 0 Å². The number of rotatable bonds is 4. The summed E-state index contributed by atoms with van der Waals surface area (Å²) in [4.78, 5) is 4.85. The van der Waals surface area contributed by atoms with Crippen molar-refractivity contribution in [3.63, 3.8) is 0 Å². The minimum absolute atomic E-state index is 0.129. The Morgan fingerprint density at radius 3 is 2.00 bits per heavy atom. The highest BCUT2D eigenvalue weighted by Crippen LogP contribution is 2.12. The van der Waals surface area contributed by atoms with Crippen LogP contribution in [0.1, 0.15) is 33.6 Å². The summed E-state index contributed by atoms with van der Waals surface area (Å²) in [5.74, 6) is 0. The van der Waals surface area contributed by atoms with Gasteiger partial charge < -0.3 is 0 Å². The van der Waals surface area contributed by atoms with Crippen molar-refractivity contribution in [2.24, 2.45) is 0 Å². The molecule has 0 saturated carbocycles. The first kappa shape index (κ1) is 12.5. The molecule has 1 rings (SSSR count). The quantitative estimate of drug-likeness (QED) is 0.706. The van der Waals surface area contributed by atoms with Crippen LogP contribution in [0.15, 0.2) is 0 Å². The molecule has 0 bridgehead atoms. The molecular weight excluding hydrogens is 186 g/mol. The summed E-state index contributed by atoms with van der Waals surface area (Å²) in [7, 11) is 0. The Bertz CT molecular complexity index is 213. The van der Waals surface area contributed by atoms with E-state index in [0.717, 1.165) is 32.6 Å². The zero-order valence-electron chi connectivity index (χ0n) is 10.2. The number of nitriles is 1. The fourth-order valence-corrected chi connectivity index (χ4v) is 2.18. The summed E-state index contributed by atoms with van der Waals surface area (Å²) in [5, 5.41) is 8.99. The SMILES string of the molecule is CCC(C)N1CCN(C(C#N)CC)CC1. The van der Waals surface area contributed by atoms with Crippen molar-refractivity contribution in [3.8, 4) is 6.07 Å². The number of hydrogen-bond acceptors (Lipinski definition) is 3. The van der Waals surface area contributed by atoms with E-state index in [-0.39, 0.29) is 6.04 Å². The van der Waals surface area contributed by atoms with E-state index in [0.29, 0.717) is 6.04 Å². The lowest BCUT2D eigenvalue weighted by Crippen LogP contribution is -2.52. The predicted molar refractivity (Wildman–Crippen MR) is 62.6 cm³/mol. The van der Waals surface area contributed by atoms with Gasteiger partial charge in [0.05, 0.1) is 12.1 Å². The van der Waals surface area contributed by atoms with Crippen molar-refractivity contribution in [3.05, 3.63) is 0 Å². The lowest BCUT2D eigenvalue weighted by molar-refractivity contribution is 0.0855. The molecule has 1 saturated heterocycles. The van der Waals surface area contributed by atoms with Crippen LogP contribution in [0, 0.1) is 11.3 Å². The Hall–Kier alpha value is -0.590. The molecule has 1 aliphatic heterocycles. The van der Waals surface area contributed by atoms with Gasteiger partial charge in [-0.25, -0.2) is 0 Å². The van der Waals surface area contributed by atoms with Gasteiger partial charge in [-0.05, 0) is 19.8 Å². The highest BCUT2D eigenvalue weighted by molar-refractivity contribution is 4.93. The summed E-state index contributed by atoms with van der Waals surface area (Å²) < 4.78 is 0. The fourth-order valence-electron chi connectivity index (χ4n) is 2.18. The Morgan fingerprint density at radius 2 is 1.60 bits per heavy atom. The highest BCUT2D eigenvalue weighted by Gasteiger charge is 2.24. The topological polar surface area (TPSA) is 30.3 Å². The monoisotopic (exact) mass is 209 g/mol. The van der Waals surface area contributed by atoms with Crippen LogP contribution in [0.4, 0.5) is 0 Å². The maximum absolute atomic E-state index is 8.99. The van der Waals surface area contributed by atoms with Crippen LogP contribution in [-0.4, -0.2) is 48.1 Å². The van der Waals surface area contributed by atoms with Crippen molar-refractivity contribution in [2.45, 2.75) is 45.7 Å². The van der Waals surface area contributed by atoms with E-state index in [4.69, 9.17) is 5.26 Å². The van der Waals surface area contributed by atoms with Gasteiger partial charge in [-0.2, -0.15) is 5.26 Å². The second-order valence-corrected chi connectivity index (χ2v) is 4.38. The summed E-state index contributed by atoms with van der Waals surface area (Å²) >= 11 is 0. The molecular formula is C12H23N3. The van der Waals surface area contributed by atoms with Crippen LogP contribution in [0.5, 0.6) is 0 Å². The normalized spacial score (nSPS) is 23.3. The molecule has 0 aromatic carbocycles. The second-order valence-electron chi connectivity index (χ2n) is 4.38. The van der Waals surface area contributed by atoms with Crippen molar-refractivity contribution in [1.82, 2.24) is 9.80 Å². The Labute approximate surface area is 93.7 Å². The Kier molecular flexibility index (Phi) is 5.07. The molecule has 86 valence electrons. The second kappa shape index (κ2) is 6.09. The standard InChI is InChI=1S/C12H23N3/c1-4-11(3)14-6-8-15(9-7-14)12(5-2)10-13/h11-12H,4-9H2,1-3H3. The van der Waals surface area contributed by atoms with Gasteiger partial charge in [0.25, 0.3) is 0 Å². The first-order chi connectivity index (χ1) is 7.22. The first-order valence-corrected chi connectivity index (χ1v) is 6.10. The van der Waals surface area contributed by atoms with Gasteiger partial charge in [-0.1, -0.05) is 13.8 Å². The van der Waals surface area contributed by atoms with Crippen molar-refractivity contribution >= 4 is 0 Å². The molecule has 0 radical (unpaired) electrons. The van der Waals surface area contributed by atoms with E-state index in [2.05, 4.69) is 36.6 Å². The lowest BCUT2D eigenvalue weighted by atomic mass is 10.1. The number of hydrogen-bond donors (Lipinski definition) is 0. The number of piperazine rings is 1. The summed E-state index contributed by atoms with van der Waals surface area (Å²) in [6.07, 6.45) is 2.16. The van der Waals surface area contributed by atoms with Crippen LogP contribution in [0.25, 0.3) is 0 Å². The van der Waals surface area contributed by atoms with E-state index >= 15 is 0 Å². The molecule has 0 spiro atoms. The van der Waals surface area contributed by atoms with E-state index in [1.54, 1.807) is 0 Å². The van der Waals surface area contributed by atoms with Gasteiger partial charge in [-0.15, -0.1) is 0 Å². The molecule has 2 unspecified atom stereocenters. The highest BCUT2D eigenvalue weighted by atomic mass is 15.3. The first-order valence-electron chi connectivity index (χ1n) is 6.10. The van der Waals surface area contributed by atoms with Crippen LogP contribution in [-0.2, 0) is 0 Å². The van der Waals surface area contributed by atoms with Gasteiger partial charge in [0, 0.05) is 32.2 Å². The van der Waals surface area contributed by atoms with Crippen molar-refractivity contribution < 1.29 is 0 Å². The van der Waals surface area contributed by atoms with E-state index in [1.165, 1.54) is 6.42 Å². The zero-order valence-corrected chi connectivity index (χ0v) is 10.2. The van der Waals surface area contributed by atoms with Crippen LogP contribution >= 0.6 is 0 Å². The van der Waals surface area contributed by atoms with Gasteiger partial charge in [0.2, 0.25) is 0 Å². The van der Waals surface area contributed by atoms with Gasteiger partial charge in [-0.3, -0.25) is 9.80 Å². The number of nitrogens with zero attached hydrogens (tertiary/aromatic N) is 3. The molecule has 0 aromatic heterocycles. The van der Waals surface area contributed by atoms with E-state index in [1.807, 2.05) is 0 Å². The summed E-state index contributed by atoms with van der Waals surface area (Å²) in [6, 6.07) is 3.20.